The molecule has 0 bridgehead atoms. The quantitative estimate of drug-likeness (QED) is 0.474. The van der Waals surface area contributed by atoms with Crippen molar-refractivity contribution in [1.29, 1.82) is 0 Å². The number of aryl methyl sites for hydroxylation is 1. The molecule has 132 valence electrons. The standard InChI is InChI=1S/C18H15Cl3O4/c1-2-11-5-3-4-6-15(11)24-16(22)7-8-17(23)25-18-13(20)9-12(19)10-14(18)21/h3-6,9-10H,2,7-8H2,1H3. The number of carbonyl (C=O) groups excluding carboxylic acids is 2. The molecular formula is C18H15Cl3O4. The van der Waals surface area contributed by atoms with Crippen molar-refractivity contribution >= 4 is 46.7 Å². The van der Waals surface area contributed by atoms with Gasteiger partial charge in [0.05, 0.1) is 22.9 Å². The molecule has 0 aromatic heterocycles. The Morgan fingerprint density at radius 3 is 2.08 bits per heavy atom. The Morgan fingerprint density at radius 1 is 0.920 bits per heavy atom. The van der Waals surface area contributed by atoms with Gasteiger partial charge in [-0.2, -0.15) is 0 Å². The van der Waals surface area contributed by atoms with E-state index < -0.39 is 11.9 Å². The van der Waals surface area contributed by atoms with Gasteiger partial charge in [0.25, 0.3) is 0 Å². The average molecular weight is 402 g/mol. The molecule has 0 saturated carbocycles. The highest BCUT2D eigenvalue weighted by Crippen LogP contribution is 2.36. The molecule has 0 heterocycles. The number of halogens is 3. The summed E-state index contributed by atoms with van der Waals surface area (Å²) in [4.78, 5) is 23.8. The van der Waals surface area contributed by atoms with Gasteiger partial charge in [0.1, 0.15) is 5.75 Å². The summed E-state index contributed by atoms with van der Waals surface area (Å²) in [6.07, 6.45) is 0.446. The number of benzene rings is 2. The topological polar surface area (TPSA) is 52.6 Å². The number of rotatable bonds is 6. The number of hydrogen-bond donors (Lipinski definition) is 0. The number of esters is 2. The summed E-state index contributed by atoms with van der Waals surface area (Å²) in [5.74, 6) is -0.660. The zero-order valence-electron chi connectivity index (χ0n) is 13.4. The van der Waals surface area contributed by atoms with Crippen LogP contribution in [0.25, 0.3) is 0 Å². The van der Waals surface area contributed by atoms with Crippen LogP contribution in [0.4, 0.5) is 0 Å². The van der Waals surface area contributed by atoms with E-state index in [0.29, 0.717) is 10.8 Å². The summed E-state index contributed by atoms with van der Waals surface area (Å²) in [6.45, 7) is 1.96. The summed E-state index contributed by atoms with van der Waals surface area (Å²) in [7, 11) is 0. The molecule has 0 saturated heterocycles. The van der Waals surface area contributed by atoms with Crippen molar-refractivity contribution in [2.75, 3.05) is 0 Å². The van der Waals surface area contributed by atoms with E-state index in [9.17, 15) is 9.59 Å². The maximum absolute atomic E-state index is 11.9. The molecule has 0 radical (unpaired) electrons. The third kappa shape index (κ3) is 5.63. The van der Waals surface area contributed by atoms with Crippen LogP contribution in [0.15, 0.2) is 36.4 Å². The molecule has 0 aliphatic carbocycles. The third-order valence-corrected chi connectivity index (χ3v) is 4.07. The van der Waals surface area contributed by atoms with Gasteiger partial charge in [0.2, 0.25) is 0 Å². The molecule has 0 unspecified atom stereocenters. The van der Waals surface area contributed by atoms with Crippen molar-refractivity contribution in [1.82, 2.24) is 0 Å². The van der Waals surface area contributed by atoms with Crippen LogP contribution in [0.1, 0.15) is 25.3 Å². The Morgan fingerprint density at radius 2 is 1.48 bits per heavy atom. The molecule has 0 spiro atoms. The number of hydrogen-bond acceptors (Lipinski definition) is 4. The van der Waals surface area contributed by atoms with E-state index >= 15 is 0 Å². The zero-order valence-corrected chi connectivity index (χ0v) is 15.6. The lowest BCUT2D eigenvalue weighted by molar-refractivity contribution is -0.140. The second kappa shape index (κ2) is 9.09. The minimum atomic E-state index is -0.646. The molecule has 2 rings (SSSR count). The first-order chi connectivity index (χ1) is 11.9. The highest BCUT2D eigenvalue weighted by atomic mass is 35.5. The second-order valence-corrected chi connectivity index (χ2v) is 6.36. The van der Waals surface area contributed by atoms with Crippen molar-refractivity contribution in [3.05, 3.63) is 57.0 Å². The lowest BCUT2D eigenvalue weighted by Crippen LogP contribution is -2.15. The van der Waals surface area contributed by atoms with Gasteiger partial charge in [-0.05, 0) is 30.2 Å². The van der Waals surface area contributed by atoms with Gasteiger partial charge >= 0.3 is 11.9 Å². The minimum Gasteiger partial charge on any atom is -0.426 e. The minimum absolute atomic E-state index is 0.0161. The van der Waals surface area contributed by atoms with Gasteiger partial charge in [-0.1, -0.05) is 59.9 Å². The summed E-state index contributed by atoms with van der Waals surface area (Å²) in [6, 6.07) is 10.1. The Balaban J connectivity index is 1.91. The fourth-order valence-electron chi connectivity index (χ4n) is 2.06. The molecule has 2 aromatic rings. The lowest BCUT2D eigenvalue weighted by Gasteiger charge is -2.10. The molecule has 0 atom stereocenters. The first-order valence-corrected chi connectivity index (χ1v) is 8.68. The summed E-state index contributed by atoms with van der Waals surface area (Å²) < 4.78 is 10.4. The number of ether oxygens (including phenoxy) is 2. The van der Waals surface area contributed by atoms with Crippen LogP contribution in [0.3, 0.4) is 0 Å². The maximum atomic E-state index is 11.9. The van der Waals surface area contributed by atoms with Crippen molar-refractivity contribution in [3.63, 3.8) is 0 Å². The fourth-order valence-corrected chi connectivity index (χ4v) is 2.96. The van der Waals surface area contributed by atoms with Crippen molar-refractivity contribution < 1.29 is 19.1 Å². The molecule has 2 aromatic carbocycles. The largest absolute Gasteiger partial charge is 0.426 e. The van der Waals surface area contributed by atoms with Crippen LogP contribution < -0.4 is 9.47 Å². The predicted octanol–water partition coefficient (Wildman–Crippen LogP) is 5.50. The van der Waals surface area contributed by atoms with E-state index in [2.05, 4.69) is 0 Å². The molecular weight excluding hydrogens is 387 g/mol. The average Bonchev–Trinajstić information content (AvgIpc) is 2.56. The van der Waals surface area contributed by atoms with Gasteiger partial charge in [0, 0.05) is 5.02 Å². The van der Waals surface area contributed by atoms with Crippen LogP contribution in [-0.4, -0.2) is 11.9 Å². The molecule has 25 heavy (non-hydrogen) atoms. The summed E-state index contributed by atoms with van der Waals surface area (Å²) >= 11 is 17.7. The lowest BCUT2D eigenvalue weighted by atomic mass is 10.1. The van der Waals surface area contributed by atoms with Gasteiger partial charge in [-0.3, -0.25) is 9.59 Å². The van der Waals surface area contributed by atoms with E-state index in [4.69, 9.17) is 44.3 Å². The fraction of sp³-hybridized carbons (Fsp3) is 0.222. The third-order valence-electron chi connectivity index (χ3n) is 3.29. The normalized spacial score (nSPS) is 10.4. The number of para-hydroxylation sites is 1. The molecule has 4 nitrogen and oxygen atoms in total. The maximum Gasteiger partial charge on any atom is 0.311 e. The smallest absolute Gasteiger partial charge is 0.311 e. The SMILES string of the molecule is CCc1ccccc1OC(=O)CCC(=O)Oc1c(Cl)cc(Cl)cc1Cl. The van der Waals surface area contributed by atoms with Gasteiger partial charge < -0.3 is 9.47 Å². The second-order valence-electron chi connectivity index (χ2n) is 5.11. The molecule has 0 aliphatic heterocycles. The predicted molar refractivity (Wildman–Crippen MR) is 97.8 cm³/mol. The Labute approximate surface area is 160 Å². The van der Waals surface area contributed by atoms with Crippen molar-refractivity contribution in [2.45, 2.75) is 26.2 Å². The Kier molecular flexibility index (Phi) is 7.12. The van der Waals surface area contributed by atoms with Gasteiger partial charge in [-0.25, -0.2) is 0 Å². The van der Waals surface area contributed by atoms with Crippen molar-refractivity contribution in [3.8, 4) is 11.5 Å². The molecule has 0 amide bonds. The van der Waals surface area contributed by atoms with E-state index in [1.165, 1.54) is 12.1 Å². The molecule has 7 heteroatoms. The van der Waals surface area contributed by atoms with Gasteiger partial charge in [0.15, 0.2) is 5.75 Å². The first-order valence-electron chi connectivity index (χ1n) is 7.54. The number of carbonyl (C=O) groups is 2. The van der Waals surface area contributed by atoms with E-state index in [1.807, 2.05) is 19.1 Å². The van der Waals surface area contributed by atoms with E-state index in [0.717, 1.165) is 12.0 Å². The van der Waals surface area contributed by atoms with Crippen LogP contribution >= 0.6 is 34.8 Å². The van der Waals surface area contributed by atoms with Crippen LogP contribution in [-0.2, 0) is 16.0 Å². The van der Waals surface area contributed by atoms with Crippen LogP contribution in [0.5, 0.6) is 11.5 Å². The molecule has 0 fully saturated rings. The summed E-state index contributed by atoms with van der Waals surface area (Å²) in [5, 5.41) is 0.559. The first kappa shape index (κ1) is 19.6. The van der Waals surface area contributed by atoms with E-state index in [-0.39, 0.29) is 28.6 Å². The highest BCUT2D eigenvalue weighted by molar-refractivity contribution is 6.40. The van der Waals surface area contributed by atoms with Crippen LogP contribution in [0, 0.1) is 0 Å². The Hall–Kier alpha value is -1.75. The van der Waals surface area contributed by atoms with Crippen molar-refractivity contribution in [2.24, 2.45) is 0 Å². The van der Waals surface area contributed by atoms with Crippen LogP contribution in [0.2, 0.25) is 15.1 Å². The van der Waals surface area contributed by atoms with Gasteiger partial charge in [-0.15, -0.1) is 0 Å². The molecule has 0 aliphatic rings. The zero-order chi connectivity index (χ0) is 18.4. The van der Waals surface area contributed by atoms with E-state index in [1.54, 1.807) is 12.1 Å². The monoisotopic (exact) mass is 400 g/mol. The highest BCUT2D eigenvalue weighted by Gasteiger charge is 2.16. The Bertz CT molecular complexity index is 767. The molecule has 0 N–H and O–H groups in total. The summed E-state index contributed by atoms with van der Waals surface area (Å²) in [5.41, 5.74) is 0.915.